The van der Waals surface area contributed by atoms with Gasteiger partial charge in [0.15, 0.2) is 0 Å². The minimum atomic E-state index is -1.15. The molecular formula is C18H15BrFNO4. The number of amides is 1. The Kier molecular flexibility index (Phi) is 5.03. The minimum Gasteiger partial charge on any atom is -0.489 e. The average Bonchev–Trinajstić information content (AvgIpc) is 3.40. The number of carbonyl (C=O) groups is 2. The third-order valence-corrected chi connectivity index (χ3v) is 4.58. The summed E-state index contributed by atoms with van der Waals surface area (Å²) in [6.45, 7) is 0.147. The van der Waals surface area contributed by atoms with Crippen LogP contribution in [-0.4, -0.2) is 17.0 Å². The van der Waals surface area contributed by atoms with Crippen LogP contribution in [-0.2, 0) is 11.4 Å². The molecule has 130 valence electrons. The molecule has 25 heavy (non-hydrogen) atoms. The first kappa shape index (κ1) is 17.4. The number of anilines is 1. The molecule has 0 unspecified atom stereocenters. The number of nitrogens with one attached hydrogen (secondary N) is 1. The van der Waals surface area contributed by atoms with Gasteiger partial charge in [-0.2, -0.15) is 0 Å². The predicted molar refractivity (Wildman–Crippen MR) is 93.2 cm³/mol. The summed E-state index contributed by atoms with van der Waals surface area (Å²) in [6, 6.07) is 8.70. The number of aromatic carboxylic acids is 1. The van der Waals surface area contributed by atoms with Crippen LogP contribution in [0.2, 0.25) is 0 Å². The zero-order valence-electron chi connectivity index (χ0n) is 13.1. The molecule has 1 aliphatic carbocycles. The van der Waals surface area contributed by atoms with Gasteiger partial charge in [0.2, 0.25) is 5.91 Å². The highest BCUT2D eigenvalue weighted by Crippen LogP contribution is 2.31. The predicted octanol–water partition coefficient (Wildman–Crippen LogP) is 4.21. The maximum Gasteiger partial charge on any atom is 0.337 e. The number of hydrogen-bond acceptors (Lipinski definition) is 3. The van der Waals surface area contributed by atoms with E-state index < -0.39 is 5.97 Å². The van der Waals surface area contributed by atoms with Gasteiger partial charge in [0.1, 0.15) is 18.2 Å². The number of benzene rings is 2. The first-order chi connectivity index (χ1) is 11.9. The second-order valence-electron chi connectivity index (χ2n) is 5.80. The fourth-order valence-electron chi connectivity index (χ4n) is 2.28. The summed E-state index contributed by atoms with van der Waals surface area (Å²) in [5.41, 5.74) is 0.939. The molecule has 0 atom stereocenters. The highest BCUT2D eigenvalue weighted by atomic mass is 79.9. The summed E-state index contributed by atoms with van der Waals surface area (Å²) in [7, 11) is 0. The number of halogens is 2. The molecular weight excluding hydrogens is 393 g/mol. The summed E-state index contributed by atoms with van der Waals surface area (Å²) in [4.78, 5) is 23.3. The number of carboxylic acid groups (broad SMARTS) is 1. The molecule has 1 fully saturated rings. The van der Waals surface area contributed by atoms with Crippen molar-refractivity contribution in [3.05, 3.63) is 57.8 Å². The topological polar surface area (TPSA) is 75.6 Å². The van der Waals surface area contributed by atoms with Crippen molar-refractivity contribution in [2.75, 3.05) is 5.32 Å². The van der Waals surface area contributed by atoms with E-state index in [1.54, 1.807) is 12.1 Å². The van der Waals surface area contributed by atoms with Gasteiger partial charge in [0.25, 0.3) is 0 Å². The van der Waals surface area contributed by atoms with E-state index in [0.29, 0.717) is 10.2 Å². The van der Waals surface area contributed by atoms with Crippen molar-refractivity contribution in [1.29, 1.82) is 0 Å². The van der Waals surface area contributed by atoms with Crippen molar-refractivity contribution in [3.8, 4) is 5.75 Å². The van der Waals surface area contributed by atoms with Gasteiger partial charge in [0, 0.05) is 16.0 Å². The molecule has 3 rings (SSSR count). The molecule has 0 spiro atoms. The van der Waals surface area contributed by atoms with Crippen molar-refractivity contribution < 1.29 is 23.8 Å². The Morgan fingerprint density at radius 3 is 2.64 bits per heavy atom. The number of rotatable bonds is 6. The van der Waals surface area contributed by atoms with Gasteiger partial charge >= 0.3 is 5.97 Å². The second-order valence-corrected chi connectivity index (χ2v) is 6.65. The van der Waals surface area contributed by atoms with Gasteiger partial charge in [-0.3, -0.25) is 4.79 Å². The van der Waals surface area contributed by atoms with E-state index in [1.165, 1.54) is 24.3 Å². The van der Waals surface area contributed by atoms with Gasteiger partial charge in [-0.05, 0) is 43.2 Å². The normalized spacial score (nSPS) is 13.4. The van der Waals surface area contributed by atoms with Crippen LogP contribution >= 0.6 is 15.9 Å². The minimum absolute atomic E-state index is 0.0200. The number of carboxylic acids is 1. The molecule has 7 heteroatoms. The quantitative estimate of drug-likeness (QED) is 0.751. The van der Waals surface area contributed by atoms with E-state index in [1.807, 2.05) is 0 Å². The van der Waals surface area contributed by atoms with Crippen molar-refractivity contribution in [2.24, 2.45) is 5.92 Å². The molecule has 2 aromatic rings. The summed E-state index contributed by atoms with van der Waals surface area (Å²) < 4.78 is 19.3. The van der Waals surface area contributed by atoms with Crippen LogP contribution in [0.15, 0.2) is 40.9 Å². The second kappa shape index (κ2) is 7.23. The van der Waals surface area contributed by atoms with Crippen LogP contribution in [0, 0.1) is 11.7 Å². The van der Waals surface area contributed by atoms with E-state index in [4.69, 9.17) is 4.74 Å². The largest absolute Gasteiger partial charge is 0.489 e. The van der Waals surface area contributed by atoms with E-state index in [9.17, 15) is 19.1 Å². The lowest BCUT2D eigenvalue weighted by molar-refractivity contribution is -0.117. The average molecular weight is 408 g/mol. The molecule has 5 nitrogen and oxygen atoms in total. The van der Waals surface area contributed by atoms with Crippen LogP contribution < -0.4 is 10.1 Å². The summed E-state index contributed by atoms with van der Waals surface area (Å²) in [6.07, 6.45) is 1.67. The van der Waals surface area contributed by atoms with Gasteiger partial charge in [-0.1, -0.05) is 22.0 Å². The van der Waals surface area contributed by atoms with Crippen molar-refractivity contribution in [2.45, 2.75) is 19.4 Å². The van der Waals surface area contributed by atoms with Crippen LogP contribution in [0.5, 0.6) is 5.75 Å². The monoisotopic (exact) mass is 407 g/mol. The summed E-state index contributed by atoms with van der Waals surface area (Å²) in [5.74, 6) is -1.35. The fraction of sp³-hybridized carbons (Fsp3) is 0.222. The smallest absolute Gasteiger partial charge is 0.337 e. The first-order valence-corrected chi connectivity index (χ1v) is 8.48. The van der Waals surface area contributed by atoms with E-state index in [0.717, 1.165) is 18.4 Å². The SMILES string of the molecule is O=C(O)c1cc(OCc2ccc(F)cc2Br)ccc1NC(=O)C1CC1. The van der Waals surface area contributed by atoms with Gasteiger partial charge in [0.05, 0.1) is 11.3 Å². The number of carbonyl (C=O) groups excluding carboxylic acids is 1. The number of hydrogen-bond donors (Lipinski definition) is 2. The molecule has 2 aromatic carbocycles. The third-order valence-electron chi connectivity index (χ3n) is 3.84. The molecule has 1 aliphatic rings. The Labute approximate surface area is 151 Å². The molecule has 0 aromatic heterocycles. The Hall–Kier alpha value is -2.41. The van der Waals surface area contributed by atoms with Crippen LogP contribution in [0.1, 0.15) is 28.8 Å². The lowest BCUT2D eigenvalue weighted by Gasteiger charge is -2.12. The van der Waals surface area contributed by atoms with E-state index in [2.05, 4.69) is 21.2 Å². The molecule has 0 heterocycles. The standard InChI is InChI=1S/C18H15BrFNO4/c19-15-7-12(20)4-3-11(15)9-25-13-5-6-16(14(8-13)18(23)24)21-17(22)10-1-2-10/h3-8,10H,1-2,9H2,(H,21,22)(H,23,24). The zero-order chi connectivity index (χ0) is 18.0. The van der Waals surface area contributed by atoms with Gasteiger partial charge in [-0.15, -0.1) is 0 Å². The van der Waals surface area contributed by atoms with Crippen LogP contribution in [0.25, 0.3) is 0 Å². The Morgan fingerprint density at radius 2 is 2.00 bits per heavy atom. The maximum absolute atomic E-state index is 13.1. The lowest BCUT2D eigenvalue weighted by atomic mass is 10.1. The molecule has 1 amide bonds. The highest BCUT2D eigenvalue weighted by molar-refractivity contribution is 9.10. The fourth-order valence-corrected chi connectivity index (χ4v) is 2.74. The van der Waals surface area contributed by atoms with Crippen molar-refractivity contribution in [1.82, 2.24) is 0 Å². The van der Waals surface area contributed by atoms with Crippen molar-refractivity contribution >= 4 is 33.5 Å². The molecule has 0 saturated heterocycles. The van der Waals surface area contributed by atoms with Crippen LogP contribution in [0.3, 0.4) is 0 Å². The number of ether oxygens (including phenoxy) is 1. The first-order valence-electron chi connectivity index (χ1n) is 7.69. The van der Waals surface area contributed by atoms with E-state index in [-0.39, 0.29) is 35.5 Å². The Bertz CT molecular complexity index is 836. The van der Waals surface area contributed by atoms with Crippen LogP contribution in [0.4, 0.5) is 10.1 Å². The molecule has 0 bridgehead atoms. The Balaban J connectivity index is 1.74. The third kappa shape index (κ3) is 4.36. The zero-order valence-corrected chi connectivity index (χ0v) is 14.7. The molecule has 0 radical (unpaired) electrons. The summed E-state index contributed by atoms with van der Waals surface area (Å²) in [5, 5.41) is 12.0. The lowest BCUT2D eigenvalue weighted by Crippen LogP contribution is -2.16. The van der Waals surface area contributed by atoms with Gasteiger partial charge < -0.3 is 15.2 Å². The Morgan fingerprint density at radius 1 is 1.24 bits per heavy atom. The van der Waals surface area contributed by atoms with E-state index >= 15 is 0 Å². The van der Waals surface area contributed by atoms with Gasteiger partial charge in [-0.25, -0.2) is 9.18 Å². The molecule has 0 aliphatic heterocycles. The van der Waals surface area contributed by atoms with Crippen molar-refractivity contribution in [3.63, 3.8) is 0 Å². The molecule has 2 N–H and O–H groups in total. The maximum atomic E-state index is 13.1. The molecule has 1 saturated carbocycles. The summed E-state index contributed by atoms with van der Waals surface area (Å²) >= 11 is 3.25. The highest BCUT2D eigenvalue weighted by Gasteiger charge is 2.30.